The molecule has 1 aromatic rings. The summed E-state index contributed by atoms with van der Waals surface area (Å²) in [7, 11) is -4.03. The van der Waals surface area contributed by atoms with Gasteiger partial charge in [0.15, 0.2) is 9.84 Å². The van der Waals surface area contributed by atoms with Crippen molar-refractivity contribution in [2.75, 3.05) is 6.26 Å². The van der Waals surface area contributed by atoms with Gasteiger partial charge < -0.3 is 0 Å². The summed E-state index contributed by atoms with van der Waals surface area (Å²) in [6.07, 6.45) is -3.82. The first kappa shape index (κ1) is 12.7. The van der Waals surface area contributed by atoms with Crippen LogP contribution in [0.2, 0.25) is 0 Å². The Hall–Kier alpha value is -1.37. The van der Waals surface area contributed by atoms with Gasteiger partial charge in [0, 0.05) is 11.8 Å². The molecule has 0 aromatic heterocycles. The van der Waals surface area contributed by atoms with E-state index in [0.717, 1.165) is 6.07 Å². The molecular weight excluding hydrogens is 245 g/mol. The molecule has 7 heteroatoms. The van der Waals surface area contributed by atoms with Gasteiger partial charge in [0.2, 0.25) is 0 Å². The van der Waals surface area contributed by atoms with Crippen molar-refractivity contribution in [3.63, 3.8) is 0 Å². The number of benzene rings is 1. The van der Waals surface area contributed by atoms with Gasteiger partial charge >= 0.3 is 6.18 Å². The topological polar surface area (TPSA) is 51.2 Å². The summed E-state index contributed by atoms with van der Waals surface area (Å²) in [4.78, 5) is 9.49. The third-order valence-electron chi connectivity index (χ3n) is 1.85. The minimum absolute atomic E-state index is 0.117. The Balaban J connectivity index is 3.59. The Morgan fingerprint density at radius 2 is 1.81 bits per heavy atom. The molecule has 1 rings (SSSR count). The highest BCUT2D eigenvalue weighted by Gasteiger charge is 2.36. The van der Waals surface area contributed by atoms with E-state index in [1.807, 2.05) is 0 Å². The maximum atomic E-state index is 12.5. The van der Waals surface area contributed by atoms with Crippen molar-refractivity contribution in [2.24, 2.45) is 0 Å². The van der Waals surface area contributed by atoms with E-state index in [9.17, 15) is 26.4 Å². The molecule has 0 saturated heterocycles. The van der Waals surface area contributed by atoms with Gasteiger partial charge in [0.25, 0.3) is 0 Å². The van der Waals surface area contributed by atoms with Gasteiger partial charge in [-0.25, -0.2) is 8.42 Å². The summed E-state index contributed by atoms with van der Waals surface area (Å²) < 4.78 is 59.7. The van der Waals surface area contributed by atoms with E-state index < -0.39 is 26.5 Å². The number of alkyl halides is 3. The zero-order valence-electron chi connectivity index (χ0n) is 8.08. The number of rotatable bonds is 2. The van der Waals surface area contributed by atoms with Crippen molar-refractivity contribution >= 4 is 16.1 Å². The molecule has 16 heavy (non-hydrogen) atoms. The van der Waals surface area contributed by atoms with Gasteiger partial charge in [0.1, 0.15) is 6.29 Å². The third kappa shape index (κ3) is 2.60. The van der Waals surface area contributed by atoms with E-state index in [2.05, 4.69) is 0 Å². The molecule has 0 radical (unpaired) electrons. The van der Waals surface area contributed by atoms with Crippen molar-refractivity contribution < 1.29 is 26.4 Å². The average molecular weight is 252 g/mol. The van der Waals surface area contributed by atoms with Crippen LogP contribution in [0.5, 0.6) is 0 Å². The van der Waals surface area contributed by atoms with Gasteiger partial charge in [0.05, 0.1) is 10.5 Å². The molecule has 1 aromatic carbocycles. The molecule has 0 saturated carbocycles. The van der Waals surface area contributed by atoms with Crippen LogP contribution in [-0.2, 0) is 16.0 Å². The average Bonchev–Trinajstić information content (AvgIpc) is 2.14. The molecule has 0 heterocycles. The van der Waals surface area contributed by atoms with E-state index in [1.54, 1.807) is 0 Å². The molecule has 0 amide bonds. The fourth-order valence-electron chi connectivity index (χ4n) is 1.15. The van der Waals surface area contributed by atoms with Crippen molar-refractivity contribution in [3.8, 4) is 0 Å². The molecule has 0 bridgehead atoms. The molecule has 0 N–H and O–H groups in total. The molecular formula is C9H7F3O3S. The summed E-state index contributed by atoms with van der Waals surface area (Å²) in [5.41, 5.74) is -1.38. The standard InChI is InChI=1S/C9H7F3O3S/c1-16(14,15)8-4-6(5-13)2-3-7(8)9(10,11)12/h2-5H,1H3. The van der Waals surface area contributed by atoms with E-state index >= 15 is 0 Å². The summed E-state index contributed by atoms with van der Waals surface area (Å²) >= 11 is 0. The van der Waals surface area contributed by atoms with Crippen LogP contribution in [0, 0.1) is 0 Å². The number of carbonyl (C=O) groups excluding carboxylic acids is 1. The number of hydrogen-bond acceptors (Lipinski definition) is 3. The summed E-state index contributed by atoms with van der Waals surface area (Å²) in [5, 5.41) is 0. The van der Waals surface area contributed by atoms with Crippen molar-refractivity contribution in [3.05, 3.63) is 29.3 Å². The molecule has 3 nitrogen and oxygen atoms in total. The van der Waals surface area contributed by atoms with Crippen LogP contribution in [-0.4, -0.2) is 21.0 Å². The summed E-state index contributed by atoms with van der Waals surface area (Å²) in [6, 6.07) is 2.22. The van der Waals surface area contributed by atoms with Crippen LogP contribution in [0.1, 0.15) is 15.9 Å². The Labute approximate surface area is 89.8 Å². The maximum Gasteiger partial charge on any atom is 0.417 e. The number of aldehydes is 1. The molecule has 0 spiro atoms. The number of hydrogen-bond donors (Lipinski definition) is 0. The van der Waals surface area contributed by atoms with Gasteiger partial charge in [-0.2, -0.15) is 13.2 Å². The predicted molar refractivity (Wildman–Crippen MR) is 49.9 cm³/mol. The first-order valence-electron chi connectivity index (χ1n) is 4.03. The smallest absolute Gasteiger partial charge is 0.298 e. The van der Waals surface area contributed by atoms with Crippen molar-refractivity contribution in [1.29, 1.82) is 0 Å². The lowest BCUT2D eigenvalue weighted by molar-refractivity contribution is -0.139. The highest BCUT2D eigenvalue weighted by Crippen LogP contribution is 2.34. The summed E-state index contributed by atoms with van der Waals surface area (Å²) in [5.74, 6) is 0. The van der Waals surface area contributed by atoms with Crippen LogP contribution >= 0.6 is 0 Å². The highest BCUT2D eigenvalue weighted by molar-refractivity contribution is 7.90. The van der Waals surface area contributed by atoms with Crippen molar-refractivity contribution in [2.45, 2.75) is 11.1 Å². The van der Waals surface area contributed by atoms with E-state index in [4.69, 9.17) is 0 Å². The molecule has 0 aliphatic heterocycles. The molecule has 88 valence electrons. The lowest BCUT2D eigenvalue weighted by Gasteiger charge is -2.11. The first-order valence-corrected chi connectivity index (χ1v) is 5.92. The zero-order chi connectivity index (χ0) is 12.6. The Kier molecular flexibility index (Phi) is 3.09. The van der Waals surface area contributed by atoms with Gasteiger partial charge in [-0.05, 0) is 12.1 Å². The molecule has 0 aliphatic carbocycles. The summed E-state index contributed by atoms with van der Waals surface area (Å²) in [6.45, 7) is 0. The minimum atomic E-state index is -4.76. The predicted octanol–water partition coefficient (Wildman–Crippen LogP) is 1.92. The number of sulfone groups is 1. The molecule has 0 aliphatic rings. The second-order valence-electron chi connectivity index (χ2n) is 3.14. The third-order valence-corrected chi connectivity index (χ3v) is 2.98. The number of halogens is 3. The van der Waals surface area contributed by atoms with Crippen LogP contribution in [0.3, 0.4) is 0 Å². The van der Waals surface area contributed by atoms with Crippen LogP contribution in [0.25, 0.3) is 0 Å². The lowest BCUT2D eigenvalue weighted by atomic mass is 10.1. The second-order valence-corrected chi connectivity index (χ2v) is 5.13. The van der Waals surface area contributed by atoms with Crippen LogP contribution in [0.15, 0.2) is 23.1 Å². The number of carbonyl (C=O) groups is 1. The normalized spacial score (nSPS) is 12.5. The SMILES string of the molecule is CS(=O)(=O)c1cc(C=O)ccc1C(F)(F)F. The van der Waals surface area contributed by atoms with E-state index in [1.165, 1.54) is 0 Å². The quantitative estimate of drug-likeness (QED) is 0.755. The Bertz CT molecular complexity index is 517. The Morgan fingerprint density at radius 1 is 1.25 bits per heavy atom. The van der Waals surface area contributed by atoms with Gasteiger partial charge in [-0.15, -0.1) is 0 Å². The van der Waals surface area contributed by atoms with Crippen LogP contribution in [0.4, 0.5) is 13.2 Å². The maximum absolute atomic E-state index is 12.5. The monoisotopic (exact) mass is 252 g/mol. The lowest BCUT2D eigenvalue weighted by Crippen LogP contribution is -2.12. The fourth-order valence-corrected chi connectivity index (χ4v) is 2.09. The van der Waals surface area contributed by atoms with Gasteiger partial charge in [-0.1, -0.05) is 6.07 Å². The van der Waals surface area contributed by atoms with Crippen LogP contribution < -0.4 is 0 Å². The first-order chi connectivity index (χ1) is 7.16. The fraction of sp³-hybridized carbons (Fsp3) is 0.222. The highest BCUT2D eigenvalue weighted by atomic mass is 32.2. The van der Waals surface area contributed by atoms with Crippen molar-refractivity contribution in [1.82, 2.24) is 0 Å². The second kappa shape index (κ2) is 3.89. The zero-order valence-corrected chi connectivity index (χ0v) is 8.89. The van der Waals surface area contributed by atoms with Gasteiger partial charge in [-0.3, -0.25) is 4.79 Å². The Morgan fingerprint density at radius 3 is 2.19 bits per heavy atom. The van der Waals surface area contributed by atoms with E-state index in [0.29, 0.717) is 18.4 Å². The molecule has 0 atom stereocenters. The molecule has 0 fully saturated rings. The van der Waals surface area contributed by atoms with E-state index in [-0.39, 0.29) is 11.8 Å². The largest absolute Gasteiger partial charge is 0.417 e. The molecule has 0 unspecified atom stereocenters. The minimum Gasteiger partial charge on any atom is -0.298 e.